The Kier molecular flexibility index (Phi) is 4.97. The van der Waals surface area contributed by atoms with Gasteiger partial charge in [0, 0.05) is 17.0 Å². The van der Waals surface area contributed by atoms with Crippen LogP contribution in [0.25, 0.3) is 49.9 Å². The molecule has 7 aromatic rings. The summed E-state index contributed by atoms with van der Waals surface area (Å²) in [5, 5.41) is 4.99. The van der Waals surface area contributed by atoms with Crippen molar-refractivity contribution in [3.63, 3.8) is 0 Å². The SMILES string of the molecule is O=C(c1ccccc1)c1cc2c3c4c(c5ccccc5c3c1)C=CCC4C21c2ccccc2-c2cc(-c3ccccc3)ccc21. The van der Waals surface area contributed by atoms with Gasteiger partial charge < -0.3 is 0 Å². The van der Waals surface area contributed by atoms with Gasteiger partial charge in [-0.2, -0.15) is 0 Å². The van der Waals surface area contributed by atoms with Gasteiger partial charge in [0.15, 0.2) is 5.78 Å². The van der Waals surface area contributed by atoms with Crippen LogP contribution < -0.4 is 0 Å². The monoisotopic (exact) mass is 572 g/mol. The van der Waals surface area contributed by atoms with E-state index >= 15 is 0 Å². The molecule has 3 aliphatic carbocycles. The molecule has 10 rings (SSSR count). The molecule has 0 saturated carbocycles. The van der Waals surface area contributed by atoms with Gasteiger partial charge in [-0.1, -0.05) is 133 Å². The third-order valence-corrected chi connectivity index (χ3v) is 10.6. The lowest BCUT2D eigenvalue weighted by atomic mass is 9.64. The zero-order valence-corrected chi connectivity index (χ0v) is 24.6. The van der Waals surface area contributed by atoms with Gasteiger partial charge in [0.2, 0.25) is 0 Å². The first kappa shape index (κ1) is 24.9. The Labute approximate surface area is 262 Å². The Bertz CT molecular complexity index is 2410. The number of carbonyl (C=O) groups excluding carboxylic acids is 1. The highest BCUT2D eigenvalue weighted by Crippen LogP contribution is 2.67. The van der Waals surface area contributed by atoms with Gasteiger partial charge >= 0.3 is 0 Å². The smallest absolute Gasteiger partial charge is 0.193 e. The normalized spacial score (nSPS) is 18.4. The third kappa shape index (κ3) is 3.15. The minimum absolute atomic E-state index is 0.0704. The highest BCUT2D eigenvalue weighted by Gasteiger charge is 2.56. The lowest BCUT2D eigenvalue weighted by Crippen LogP contribution is -2.31. The topological polar surface area (TPSA) is 17.1 Å². The van der Waals surface area contributed by atoms with E-state index in [0.717, 1.165) is 17.5 Å². The molecular weight excluding hydrogens is 544 g/mol. The predicted molar refractivity (Wildman–Crippen MR) is 185 cm³/mol. The summed E-state index contributed by atoms with van der Waals surface area (Å²) in [6.45, 7) is 0. The van der Waals surface area contributed by atoms with Crippen LogP contribution in [0.5, 0.6) is 0 Å². The minimum atomic E-state index is -0.397. The molecule has 0 aromatic heterocycles. The van der Waals surface area contributed by atoms with Gasteiger partial charge in [-0.05, 0) is 96.2 Å². The van der Waals surface area contributed by atoms with Gasteiger partial charge in [0.25, 0.3) is 0 Å². The Hall–Kier alpha value is -5.53. The molecule has 2 unspecified atom stereocenters. The van der Waals surface area contributed by atoms with Crippen LogP contribution in [0.2, 0.25) is 0 Å². The Balaban J connectivity index is 1.35. The van der Waals surface area contributed by atoms with Crippen LogP contribution in [-0.4, -0.2) is 5.78 Å². The first-order chi connectivity index (χ1) is 22.2. The van der Waals surface area contributed by atoms with Crippen molar-refractivity contribution in [2.45, 2.75) is 17.8 Å². The van der Waals surface area contributed by atoms with E-state index in [-0.39, 0.29) is 11.7 Å². The molecule has 1 heteroatoms. The number of benzene rings is 7. The van der Waals surface area contributed by atoms with E-state index in [2.05, 4.69) is 121 Å². The van der Waals surface area contributed by atoms with Gasteiger partial charge in [-0.15, -0.1) is 0 Å². The largest absolute Gasteiger partial charge is 0.289 e. The van der Waals surface area contributed by atoms with Crippen molar-refractivity contribution in [3.05, 3.63) is 185 Å². The van der Waals surface area contributed by atoms with Crippen LogP contribution in [0.3, 0.4) is 0 Å². The molecule has 0 saturated heterocycles. The number of carbonyl (C=O) groups is 1. The van der Waals surface area contributed by atoms with Gasteiger partial charge in [-0.25, -0.2) is 0 Å². The van der Waals surface area contributed by atoms with Crippen molar-refractivity contribution in [2.24, 2.45) is 0 Å². The van der Waals surface area contributed by atoms with E-state index in [9.17, 15) is 4.79 Å². The average molecular weight is 573 g/mol. The Morgan fingerprint density at radius 1 is 0.556 bits per heavy atom. The van der Waals surface area contributed by atoms with Crippen LogP contribution in [0.15, 0.2) is 146 Å². The van der Waals surface area contributed by atoms with Crippen LogP contribution in [0.1, 0.15) is 56.1 Å². The lowest BCUT2D eigenvalue weighted by Gasteiger charge is -2.37. The van der Waals surface area contributed by atoms with Gasteiger partial charge in [-0.3, -0.25) is 4.79 Å². The molecule has 7 aromatic carbocycles. The van der Waals surface area contributed by atoms with Crippen LogP contribution in [0.4, 0.5) is 0 Å². The second-order valence-corrected chi connectivity index (χ2v) is 12.7. The van der Waals surface area contributed by atoms with E-state index in [1.54, 1.807) is 0 Å². The molecule has 2 atom stereocenters. The van der Waals surface area contributed by atoms with E-state index in [4.69, 9.17) is 0 Å². The van der Waals surface area contributed by atoms with Crippen molar-refractivity contribution in [3.8, 4) is 22.3 Å². The summed E-state index contributed by atoms with van der Waals surface area (Å²) in [6, 6.07) is 49.7. The summed E-state index contributed by atoms with van der Waals surface area (Å²) >= 11 is 0. The molecule has 0 fully saturated rings. The number of rotatable bonds is 3. The zero-order valence-electron chi connectivity index (χ0n) is 24.6. The molecule has 0 aliphatic heterocycles. The molecule has 0 radical (unpaired) electrons. The van der Waals surface area contributed by atoms with Crippen molar-refractivity contribution in [1.29, 1.82) is 0 Å². The maximum Gasteiger partial charge on any atom is 0.193 e. The predicted octanol–water partition coefficient (Wildman–Crippen LogP) is 10.7. The van der Waals surface area contributed by atoms with Gasteiger partial charge in [0.1, 0.15) is 0 Å². The van der Waals surface area contributed by atoms with Crippen molar-refractivity contribution >= 4 is 33.4 Å². The molecular formula is C44H28O. The molecule has 0 amide bonds. The number of ketones is 1. The summed E-state index contributed by atoms with van der Waals surface area (Å²) in [6.07, 6.45) is 5.68. The summed E-state index contributed by atoms with van der Waals surface area (Å²) in [5.74, 6) is 0.299. The van der Waals surface area contributed by atoms with Crippen LogP contribution in [-0.2, 0) is 5.41 Å². The average Bonchev–Trinajstić information content (AvgIpc) is 3.59. The zero-order chi connectivity index (χ0) is 29.7. The fraction of sp³-hybridized carbons (Fsp3) is 0.0682. The standard InChI is InChI=1S/C44H28O/c45-43(28-14-5-2-6-15-28)30-25-36-32-17-8-7-16-31(32)34-19-11-21-39-41(34)42(36)40(26-30)44(39)37-20-10-9-18-33(37)35-24-29(22-23-38(35)44)27-12-3-1-4-13-27/h1-20,22-26,39H,21H2. The number of fused-ring (bicyclic) bond motifs is 10. The molecule has 1 nitrogen and oxygen atoms in total. The fourth-order valence-corrected chi connectivity index (χ4v) is 8.93. The van der Waals surface area contributed by atoms with E-state index in [1.807, 2.05) is 30.3 Å². The summed E-state index contributed by atoms with van der Waals surface area (Å²) in [5.41, 5.74) is 12.9. The first-order valence-electron chi connectivity index (χ1n) is 15.8. The highest BCUT2D eigenvalue weighted by molar-refractivity contribution is 6.20. The van der Waals surface area contributed by atoms with Crippen LogP contribution in [0, 0.1) is 0 Å². The third-order valence-electron chi connectivity index (χ3n) is 10.6. The van der Waals surface area contributed by atoms with Crippen molar-refractivity contribution in [2.75, 3.05) is 0 Å². The number of allylic oxidation sites excluding steroid dienone is 1. The molecule has 0 heterocycles. The summed E-state index contributed by atoms with van der Waals surface area (Å²) < 4.78 is 0. The Morgan fingerprint density at radius 3 is 2.11 bits per heavy atom. The molecule has 0 bridgehead atoms. The maximum atomic E-state index is 14.2. The summed E-state index contributed by atoms with van der Waals surface area (Å²) in [4.78, 5) is 14.2. The first-order valence-corrected chi connectivity index (χ1v) is 15.8. The highest BCUT2D eigenvalue weighted by atomic mass is 16.1. The van der Waals surface area contributed by atoms with Gasteiger partial charge in [0.05, 0.1) is 5.41 Å². The number of hydrogen-bond donors (Lipinski definition) is 0. The van der Waals surface area contributed by atoms with Crippen LogP contribution >= 0.6 is 0 Å². The molecule has 1 spiro atoms. The minimum Gasteiger partial charge on any atom is -0.289 e. The second-order valence-electron chi connectivity index (χ2n) is 12.7. The molecule has 45 heavy (non-hydrogen) atoms. The second kappa shape index (κ2) is 9.00. The van der Waals surface area contributed by atoms with E-state index in [1.165, 1.54) is 71.6 Å². The Morgan fingerprint density at radius 2 is 1.27 bits per heavy atom. The molecule has 210 valence electrons. The van der Waals surface area contributed by atoms with E-state index < -0.39 is 5.41 Å². The lowest BCUT2D eigenvalue weighted by molar-refractivity contribution is 0.103. The maximum absolute atomic E-state index is 14.2. The number of hydrogen-bond acceptors (Lipinski definition) is 1. The summed E-state index contributed by atoms with van der Waals surface area (Å²) in [7, 11) is 0. The quantitative estimate of drug-likeness (QED) is 0.152. The van der Waals surface area contributed by atoms with Crippen molar-refractivity contribution < 1.29 is 4.79 Å². The van der Waals surface area contributed by atoms with Crippen molar-refractivity contribution in [1.82, 2.24) is 0 Å². The van der Waals surface area contributed by atoms with E-state index in [0.29, 0.717) is 0 Å². The molecule has 3 aliphatic rings. The molecule has 0 N–H and O–H groups in total. The fourth-order valence-electron chi connectivity index (χ4n) is 8.93.